The largest absolute Gasteiger partial charge is 0.507 e. The van der Waals surface area contributed by atoms with E-state index >= 15 is 0 Å². The maximum absolute atomic E-state index is 12.3. The van der Waals surface area contributed by atoms with Crippen LogP contribution in [0, 0.1) is 6.92 Å². The highest BCUT2D eigenvalue weighted by molar-refractivity contribution is 6.30. The number of aromatic nitrogens is 1. The highest BCUT2D eigenvalue weighted by atomic mass is 35.5. The van der Waals surface area contributed by atoms with Crippen molar-refractivity contribution in [2.45, 2.75) is 13.5 Å². The molecule has 0 saturated heterocycles. The average Bonchev–Trinajstić information content (AvgIpc) is 2.55. The fourth-order valence-corrected chi connectivity index (χ4v) is 2.57. The van der Waals surface area contributed by atoms with Crippen LogP contribution in [0.1, 0.15) is 21.6 Å². The topological polar surface area (TPSA) is 82.5 Å². The third-order valence-electron chi connectivity index (χ3n) is 3.67. The van der Waals surface area contributed by atoms with Crippen molar-refractivity contribution in [3.8, 4) is 11.5 Å². The number of hydrogen-bond acceptors (Lipinski definition) is 4. The lowest BCUT2D eigenvalue weighted by Gasteiger charge is -2.10. The standard InChI is InChI=1S/C18H15ClN2O3/c1-10-8-15(22)13-6-7-14(17(23)16(13)21-10)18(24)20-9-11-2-4-12(19)5-3-11/h2-8,23H,9H2,1H3,(H,20,24)(H,21,22). The number of carbonyl (C=O) groups excluding carboxylic acids is 1. The second-order valence-corrected chi connectivity index (χ2v) is 5.89. The molecule has 0 fully saturated rings. The maximum atomic E-state index is 12.3. The van der Waals surface area contributed by atoms with Crippen molar-refractivity contribution in [3.05, 3.63) is 64.3 Å². The third-order valence-corrected chi connectivity index (χ3v) is 3.92. The van der Waals surface area contributed by atoms with Crippen LogP contribution in [0.3, 0.4) is 0 Å². The fourth-order valence-electron chi connectivity index (χ4n) is 2.45. The summed E-state index contributed by atoms with van der Waals surface area (Å²) in [4.78, 5) is 16.5. The van der Waals surface area contributed by atoms with Gasteiger partial charge in [-0.25, -0.2) is 4.98 Å². The normalized spacial score (nSPS) is 10.8. The number of aryl methyl sites for hydroxylation is 1. The van der Waals surface area contributed by atoms with Crippen LogP contribution in [0.15, 0.2) is 42.5 Å². The molecule has 3 N–H and O–H groups in total. The monoisotopic (exact) mass is 342 g/mol. The number of nitrogens with one attached hydrogen (secondary N) is 1. The molecule has 1 aromatic heterocycles. The van der Waals surface area contributed by atoms with Crippen LogP contribution in [-0.4, -0.2) is 21.1 Å². The molecule has 5 nitrogen and oxygen atoms in total. The van der Waals surface area contributed by atoms with Crippen molar-refractivity contribution >= 4 is 28.4 Å². The van der Waals surface area contributed by atoms with E-state index in [1.54, 1.807) is 25.1 Å². The van der Waals surface area contributed by atoms with E-state index in [2.05, 4.69) is 10.3 Å². The Morgan fingerprint density at radius 3 is 2.58 bits per heavy atom. The lowest BCUT2D eigenvalue weighted by atomic mass is 10.1. The zero-order chi connectivity index (χ0) is 17.3. The molecule has 0 aliphatic heterocycles. The predicted molar refractivity (Wildman–Crippen MR) is 92.4 cm³/mol. The highest BCUT2D eigenvalue weighted by Gasteiger charge is 2.16. The van der Waals surface area contributed by atoms with Crippen LogP contribution in [0.4, 0.5) is 0 Å². The summed E-state index contributed by atoms with van der Waals surface area (Å²) in [6.07, 6.45) is 0. The Morgan fingerprint density at radius 1 is 1.17 bits per heavy atom. The van der Waals surface area contributed by atoms with E-state index in [0.29, 0.717) is 22.6 Å². The van der Waals surface area contributed by atoms with E-state index in [4.69, 9.17) is 11.6 Å². The molecule has 0 spiro atoms. The van der Waals surface area contributed by atoms with Crippen LogP contribution >= 0.6 is 11.6 Å². The Labute approximate surface area is 143 Å². The van der Waals surface area contributed by atoms with Crippen molar-refractivity contribution in [3.63, 3.8) is 0 Å². The second kappa shape index (κ2) is 6.37. The number of hydrogen-bond donors (Lipinski definition) is 3. The maximum Gasteiger partial charge on any atom is 0.255 e. The van der Waals surface area contributed by atoms with Gasteiger partial charge in [0.15, 0.2) is 5.75 Å². The van der Waals surface area contributed by atoms with Crippen molar-refractivity contribution in [2.75, 3.05) is 0 Å². The first kappa shape index (κ1) is 16.1. The SMILES string of the molecule is Cc1cc(O)c2ccc(C(=O)NCc3ccc(Cl)cc3)c(O)c2n1. The molecule has 1 heterocycles. The summed E-state index contributed by atoms with van der Waals surface area (Å²) in [6.45, 7) is 2.01. The number of carbonyl (C=O) groups is 1. The number of pyridine rings is 1. The second-order valence-electron chi connectivity index (χ2n) is 5.45. The Balaban J connectivity index is 1.87. The molecule has 1 amide bonds. The molecule has 24 heavy (non-hydrogen) atoms. The molecular formula is C18H15ClN2O3. The van der Waals surface area contributed by atoms with Gasteiger partial charge >= 0.3 is 0 Å². The van der Waals surface area contributed by atoms with E-state index in [0.717, 1.165) is 5.56 Å². The van der Waals surface area contributed by atoms with Gasteiger partial charge < -0.3 is 15.5 Å². The first-order valence-corrected chi connectivity index (χ1v) is 7.68. The van der Waals surface area contributed by atoms with Crippen LogP contribution in [-0.2, 0) is 6.54 Å². The minimum atomic E-state index is -0.424. The van der Waals surface area contributed by atoms with Gasteiger partial charge in [-0.1, -0.05) is 23.7 Å². The van der Waals surface area contributed by atoms with E-state index in [-0.39, 0.29) is 22.6 Å². The molecule has 0 unspecified atom stereocenters. The van der Waals surface area contributed by atoms with Crippen LogP contribution in [0.5, 0.6) is 11.5 Å². The lowest BCUT2D eigenvalue weighted by Crippen LogP contribution is -2.22. The summed E-state index contributed by atoms with van der Waals surface area (Å²) in [5.74, 6) is -0.659. The number of phenols is 1. The molecule has 0 aliphatic rings. The summed E-state index contributed by atoms with van der Waals surface area (Å²) in [5, 5.41) is 24.0. The van der Waals surface area contributed by atoms with Crippen LogP contribution in [0.25, 0.3) is 10.9 Å². The summed E-state index contributed by atoms with van der Waals surface area (Å²) in [6, 6.07) is 11.6. The van der Waals surface area contributed by atoms with Crippen molar-refractivity contribution < 1.29 is 15.0 Å². The van der Waals surface area contributed by atoms with E-state index in [1.165, 1.54) is 12.1 Å². The summed E-state index contributed by atoms with van der Waals surface area (Å²) < 4.78 is 0. The molecule has 0 aliphatic carbocycles. The van der Waals surface area contributed by atoms with E-state index < -0.39 is 5.91 Å². The van der Waals surface area contributed by atoms with Gasteiger partial charge in [0.1, 0.15) is 11.3 Å². The summed E-state index contributed by atoms with van der Waals surface area (Å²) in [7, 11) is 0. The zero-order valence-corrected chi connectivity index (χ0v) is 13.6. The fraction of sp³-hybridized carbons (Fsp3) is 0.111. The molecular weight excluding hydrogens is 328 g/mol. The van der Waals surface area contributed by atoms with Gasteiger partial charge in [0.05, 0.1) is 5.56 Å². The number of rotatable bonds is 3. The predicted octanol–water partition coefficient (Wildman–Crippen LogP) is 3.54. The number of amides is 1. The van der Waals surface area contributed by atoms with Crippen molar-refractivity contribution in [1.29, 1.82) is 0 Å². The molecule has 122 valence electrons. The highest BCUT2D eigenvalue weighted by Crippen LogP contribution is 2.32. The minimum Gasteiger partial charge on any atom is -0.507 e. The molecule has 0 saturated carbocycles. The number of nitrogens with zero attached hydrogens (tertiary/aromatic N) is 1. The van der Waals surface area contributed by atoms with Crippen LogP contribution in [0.2, 0.25) is 5.02 Å². The van der Waals surface area contributed by atoms with Crippen molar-refractivity contribution in [1.82, 2.24) is 10.3 Å². The Morgan fingerprint density at radius 2 is 1.88 bits per heavy atom. The smallest absolute Gasteiger partial charge is 0.255 e. The Bertz CT molecular complexity index is 924. The quantitative estimate of drug-likeness (QED) is 0.680. The third kappa shape index (κ3) is 3.12. The number of fused-ring (bicyclic) bond motifs is 1. The van der Waals surface area contributed by atoms with E-state index in [9.17, 15) is 15.0 Å². The number of aromatic hydroxyl groups is 2. The van der Waals surface area contributed by atoms with Crippen molar-refractivity contribution in [2.24, 2.45) is 0 Å². The molecule has 2 aromatic carbocycles. The molecule has 3 rings (SSSR count). The first-order valence-electron chi connectivity index (χ1n) is 7.30. The first-order chi connectivity index (χ1) is 11.5. The van der Waals surface area contributed by atoms with Gasteiger partial charge in [-0.2, -0.15) is 0 Å². The molecule has 0 radical (unpaired) electrons. The summed E-state index contributed by atoms with van der Waals surface area (Å²) >= 11 is 5.82. The van der Waals surface area contributed by atoms with E-state index in [1.807, 2.05) is 12.1 Å². The molecule has 0 atom stereocenters. The number of phenolic OH excluding ortho intramolecular Hbond substituents is 1. The summed E-state index contributed by atoms with van der Waals surface area (Å²) in [5.41, 5.74) is 1.74. The molecule has 6 heteroatoms. The zero-order valence-electron chi connectivity index (χ0n) is 12.9. The minimum absolute atomic E-state index is 0.0147. The Kier molecular flexibility index (Phi) is 4.27. The lowest BCUT2D eigenvalue weighted by molar-refractivity contribution is 0.0948. The number of benzene rings is 2. The van der Waals surface area contributed by atoms with Gasteiger partial charge in [-0.05, 0) is 36.8 Å². The number of halogens is 1. The van der Waals surface area contributed by atoms with Gasteiger partial charge in [-0.15, -0.1) is 0 Å². The van der Waals surface area contributed by atoms with Gasteiger partial charge in [0.2, 0.25) is 0 Å². The van der Waals surface area contributed by atoms with Crippen LogP contribution < -0.4 is 5.32 Å². The molecule has 3 aromatic rings. The van der Waals surface area contributed by atoms with Gasteiger partial charge in [-0.3, -0.25) is 4.79 Å². The van der Waals surface area contributed by atoms with Gasteiger partial charge in [0.25, 0.3) is 5.91 Å². The average molecular weight is 343 g/mol. The Hall–Kier alpha value is -2.79. The van der Waals surface area contributed by atoms with Gasteiger partial charge in [0, 0.05) is 28.7 Å². The molecule has 0 bridgehead atoms.